The van der Waals surface area contributed by atoms with E-state index in [-0.39, 0.29) is 83.6 Å². The summed E-state index contributed by atoms with van der Waals surface area (Å²) in [4.78, 5) is 103. The maximum absolute atomic E-state index is 14.6. The maximum atomic E-state index is 14.6. The minimum Gasteiger partial charge on any atom is -0.483 e. The van der Waals surface area contributed by atoms with E-state index >= 15 is 0 Å². The number of amides is 4. The molecule has 4 fully saturated rings. The van der Waals surface area contributed by atoms with Gasteiger partial charge in [0.15, 0.2) is 0 Å². The highest BCUT2D eigenvalue weighted by atomic mass is 32.1. The van der Waals surface area contributed by atoms with Crippen LogP contribution < -0.4 is 21.3 Å². The second-order valence-electron chi connectivity index (χ2n) is 29.7. The number of nitrogens with zero attached hydrogens (tertiary/aromatic N) is 20. The van der Waals surface area contributed by atoms with Crippen LogP contribution in [0.4, 0.5) is 40.3 Å². The molecule has 0 spiro atoms. The van der Waals surface area contributed by atoms with Crippen molar-refractivity contribution in [3.05, 3.63) is 216 Å². The molecule has 2 unspecified atom stereocenters. The zero-order valence-corrected chi connectivity index (χ0v) is 74.7. The SMILES string of the molecule is CCOC1CC(n2cc(NC(=O)c3csc(-c4cn[nH]c4)n3)c(-c3ccc(F)cn3)n2)C1.CCOC1CC(n2cc(NC(=O)c3csc(-c4cn[nH]c4)n3)c(-c3ccc(F)cn3)n2)C1.CCO[C@@H]1C[C@H](n2cc(NC(=O)c3csc(-c4cn[nH]c4)n3)c(-c3ccccn3)n2)C1F.CCO[C@@H]1C[C@H](n2cc(NC(=O)c3csc(-c4cn[nH]c4)n3)c(-c3ccccn3)n2)C1F.O=CO.O=CO. The van der Waals surface area contributed by atoms with Gasteiger partial charge in [-0.15, -0.1) is 45.3 Å². The third-order valence-electron chi connectivity index (χ3n) is 21.1. The van der Waals surface area contributed by atoms with Crippen LogP contribution in [-0.2, 0) is 28.5 Å². The Bertz CT molecular complexity index is 6120. The number of ether oxygens (including phenoxy) is 4. The number of halogens is 4. The number of nitrogens with one attached hydrogen (secondary N) is 8. The van der Waals surface area contributed by atoms with Crippen molar-refractivity contribution in [2.24, 2.45) is 0 Å². The number of aromatic nitrogens is 24. The second-order valence-corrected chi connectivity index (χ2v) is 33.1. The third-order valence-corrected chi connectivity index (χ3v) is 24.7. The van der Waals surface area contributed by atoms with Gasteiger partial charge in [-0.05, 0) is 102 Å². The Morgan fingerprint density at radius 1 is 0.410 bits per heavy atom. The van der Waals surface area contributed by atoms with E-state index in [1.807, 2.05) is 49.2 Å². The first-order valence-corrected chi connectivity index (χ1v) is 45.2. The number of rotatable bonds is 28. The number of hydrogen-bond acceptors (Lipinski definition) is 30. The van der Waals surface area contributed by atoms with E-state index in [9.17, 15) is 36.7 Å². The first-order chi connectivity index (χ1) is 65.3. The summed E-state index contributed by atoms with van der Waals surface area (Å²) in [5.74, 6) is -2.37. The molecule has 134 heavy (non-hydrogen) atoms. The summed E-state index contributed by atoms with van der Waals surface area (Å²) in [6.07, 6.45) is 27.5. The number of thiazole rings is 4. The number of aromatic amines is 4. The number of anilines is 4. The molecule has 0 aliphatic heterocycles. The highest BCUT2D eigenvalue weighted by Gasteiger charge is 2.46. The smallest absolute Gasteiger partial charge is 0.290 e. The second kappa shape index (κ2) is 44.4. The van der Waals surface area contributed by atoms with Crippen molar-refractivity contribution in [2.45, 2.75) is 127 Å². The molecule has 0 aromatic carbocycles. The summed E-state index contributed by atoms with van der Waals surface area (Å²) in [7, 11) is 0. The van der Waals surface area contributed by atoms with Crippen LogP contribution in [0.1, 0.15) is 132 Å². The van der Waals surface area contributed by atoms with Gasteiger partial charge in [-0.2, -0.15) is 40.8 Å². The van der Waals surface area contributed by atoms with E-state index < -0.39 is 48.3 Å². The van der Waals surface area contributed by atoms with Crippen LogP contribution in [0, 0.1) is 11.6 Å². The summed E-state index contributed by atoms with van der Waals surface area (Å²) in [5.41, 5.74) is 10.2. The fourth-order valence-corrected chi connectivity index (χ4v) is 17.4. The van der Waals surface area contributed by atoms with Gasteiger partial charge in [-0.1, -0.05) is 12.1 Å². The average Bonchev–Trinajstić information content (AvgIpc) is 1.61. The van der Waals surface area contributed by atoms with Crippen molar-refractivity contribution in [1.82, 2.24) is 120 Å². The van der Waals surface area contributed by atoms with Gasteiger partial charge < -0.3 is 50.4 Å². The molecule has 10 N–H and O–H groups in total. The Morgan fingerprint density at radius 2 is 0.701 bits per heavy atom. The van der Waals surface area contributed by atoms with Gasteiger partial charge in [0.25, 0.3) is 36.6 Å². The maximum Gasteiger partial charge on any atom is 0.290 e. The Morgan fingerprint density at radius 3 is 0.955 bits per heavy atom. The van der Waals surface area contributed by atoms with E-state index in [1.54, 1.807) is 154 Å². The molecule has 692 valence electrons. The van der Waals surface area contributed by atoms with Crippen LogP contribution in [0.25, 0.3) is 87.8 Å². The lowest BCUT2D eigenvalue weighted by atomic mass is 9.87. The summed E-state index contributed by atoms with van der Waals surface area (Å²) in [6.45, 7) is 9.42. The Hall–Kier alpha value is -14.8. The lowest BCUT2D eigenvalue weighted by Gasteiger charge is -2.38. The highest BCUT2D eigenvalue weighted by molar-refractivity contribution is 7.14. The lowest BCUT2D eigenvalue weighted by molar-refractivity contribution is -0.123. The first-order valence-electron chi connectivity index (χ1n) is 41.7. The molecular weight excluding hydrogens is 1820 g/mol. The molecule has 16 heterocycles. The summed E-state index contributed by atoms with van der Waals surface area (Å²) in [6, 6.07) is 16.0. The molecule has 16 aromatic heterocycles. The van der Waals surface area contributed by atoms with Crippen LogP contribution in [0.5, 0.6) is 0 Å². The predicted octanol–water partition coefficient (Wildman–Crippen LogP) is 14.7. The minimum absolute atomic E-state index is 0.170. The van der Waals surface area contributed by atoms with Crippen LogP contribution in [0.3, 0.4) is 0 Å². The summed E-state index contributed by atoms with van der Waals surface area (Å²) < 4.78 is 84.9. The lowest BCUT2D eigenvalue weighted by Crippen LogP contribution is -2.46. The number of pyridine rings is 4. The van der Waals surface area contributed by atoms with Gasteiger partial charge in [0.2, 0.25) is 0 Å². The number of carbonyl (C=O) groups excluding carboxylic acids is 4. The molecule has 40 nitrogen and oxygen atoms in total. The van der Waals surface area contributed by atoms with Gasteiger partial charge >= 0.3 is 0 Å². The molecule has 4 aliphatic carbocycles. The van der Waals surface area contributed by atoms with Crippen molar-refractivity contribution < 1.29 is 75.5 Å². The zero-order valence-electron chi connectivity index (χ0n) is 71.4. The van der Waals surface area contributed by atoms with E-state index in [0.29, 0.717) is 128 Å². The summed E-state index contributed by atoms with van der Waals surface area (Å²) >= 11 is 5.40. The quantitative estimate of drug-likeness (QED) is 0.0161. The van der Waals surface area contributed by atoms with Crippen LogP contribution >= 0.6 is 45.3 Å². The van der Waals surface area contributed by atoms with E-state index in [0.717, 1.165) is 60.3 Å². The standard InChI is InChI=1S/4C21H20FN7O2S.2CH2O2/c2*1-2-31-15-5-14(6-15)29-10-17(19(28-29)16-4-3-13(22)9-23-16)26-20(30)18-11-32-21(27-18)12-7-24-25-8-12;2*1-2-31-17-7-16(18(17)22)29-10-14(19(28-29)13-5-3-4-6-23-13)26-20(30)15-11-32-21(27-15)12-8-24-25-9-12;2*2-1-3/h2*3-4,7-11,14-15H,2,5-6H2,1H3,(H,24,25)(H,26,30);2*3-6,8-11,16-18H,2,7H2,1H3,(H,24,25)(H,26,30);2*1H,(H,2,3)/t;;2*16-,17+,18?;;/m..00../s1. The fourth-order valence-electron chi connectivity index (χ4n) is 14.3. The predicted molar refractivity (Wildman–Crippen MR) is 485 cm³/mol. The van der Waals surface area contributed by atoms with Crippen LogP contribution in [-0.4, -0.2) is 230 Å². The number of H-pyrrole nitrogens is 4. The molecule has 0 saturated heterocycles. The van der Waals surface area contributed by atoms with E-state index in [4.69, 9.17) is 38.7 Å². The fraction of sp³-hybridized carbons (Fsp3) is 0.279. The first kappa shape index (κ1) is 93.8. The molecule has 0 bridgehead atoms. The molecule has 0 radical (unpaired) electrons. The van der Waals surface area contributed by atoms with Gasteiger partial charge in [0, 0.05) is 145 Å². The molecule has 48 heteroatoms. The Labute approximate surface area is 773 Å². The molecule has 4 amide bonds. The van der Waals surface area contributed by atoms with Crippen molar-refractivity contribution in [1.29, 1.82) is 0 Å². The van der Waals surface area contributed by atoms with Crippen LogP contribution in [0.2, 0.25) is 0 Å². The normalized spacial score (nSPS) is 18.3. The van der Waals surface area contributed by atoms with Crippen molar-refractivity contribution in [3.8, 4) is 87.8 Å². The average molecular weight is 1910 g/mol. The molecule has 4 saturated carbocycles. The van der Waals surface area contributed by atoms with E-state index in [1.165, 1.54) is 57.5 Å². The largest absolute Gasteiger partial charge is 0.483 e. The summed E-state index contributed by atoms with van der Waals surface area (Å²) in [5, 5.41) is 79.7. The number of carbonyl (C=O) groups is 6. The van der Waals surface area contributed by atoms with Crippen molar-refractivity contribution >= 4 is 105 Å². The molecule has 20 rings (SSSR count). The van der Waals surface area contributed by atoms with Crippen molar-refractivity contribution in [2.75, 3.05) is 47.7 Å². The minimum atomic E-state index is -1.16. The highest BCUT2D eigenvalue weighted by Crippen LogP contribution is 2.44. The molecule has 6 atom stereocenters. The molecule has 4 aliphatic rings. The van der Waals surface area contributed by atoms with Gasteiger partial charge in [0.05, 0.1) is 131 Å². The zero-order chi connectivity index (χ0) is 93.7. The Balaban J connectivity index is 0.000000133. The Kier molecular flexibility index (Phi) is 31.1. The van der Waals surface area contributed by atoms with Crippen LogP contribution in [0.15, 0.2) is 181 Å². The number of alkyl halides is 2. The number of carboxylic acid groups (broad SMARTS) is 2. The van der Waals surface area contributed by atoms with Gasteiger partial charge in [-0.3, -0.25) is 87.8 Å². The van der Waals surface area contributed by atoms with E-state index in [2.05, 4.69) is 122 Å². The van der Waals surface area contributed by atoms with Crippen molar-refractivity contribution in [3.63, 3.8) is 0 Å². The number of hydrogen-bond donors (Lipinski definition) is 10. The monoisotopic (exact) mass is 1900 g/mol. The topological polar surface area (TPSA) is 517 Å². The molecular formula is C86H84F4N28O12S4. The third kappa shape index (κ3) is 22.5. The van der Waals surface area contributed by atoms with Gasteiger partial charge in [0.1, 0.15) is 89.6 Å². The van der Waals surface area contributed by atoms with Gasteiger partial charge in [-0.25, -0.2) is 37.5 Å². The molecule has 16 aromatic rings.